The molecule has 0 bridgehead atoms. The summed E-state index contributed by atoms with van der Waals surface area (Å²) in [6, 6.07) is 0. The summed E-state index contributed by atoms with van der Waals surface area (Å²) in [6.45, 7) is 0. The maximum absolute atomic E-state index is 11.5. The van der Waals surface area contributed by atoms with Gasteiger partial charge in [-0.1, -0.05) is 0 Å². The Morgan fingerprint density at radius 1 is 1.44 bits per heavy atom. The number of hydrogen-bond donors (Lipinski definition) is 0. The predicted molar refractivity (Wildman–Crippen MR) is 23.8 cm³/mol. The highest BCUT2D eigenvalue weighted by Crippen LogP contribution is 2.37. The van der Waals surface area contributed by atoms with E-state index in [-0.39, 0.29) is 12.8 Å². The van der Waals surface area contributed by atoms with Gasteiger partial charge in [-0.15, -0.1) is 0 Å². The summed E-state index contributed by atoms with van der Waals surface area (Å²) in [5, 5.41) is 0. The molecule has 0 spiro atoms. The van der Waals surface area contributed by atoms with Crippen molar-refractivity contribution in [3.63, 3.8) is 0 Å². The monoisotopic (exact) mass is 138 g/mol. The smallest absolute Gasteiger partial charge is 0.299 e. The van der Waals surface area contributed by atoms with Gasteiger partial charge in [0.05, 0.1) is 0 Å². The predicted octanol–water partition coefficient (Wildman–Crippen LogP) is 1.53. The van der Waals surface area contributed by atoms with Crippen molar-refractivity contribution >= 4 is 5.78 Å². The molecule has 1 atom stereocenters. The molecule has 1 unspecified atom stereocenters. The summed E-state index contributed by atoms with van der Waals surface area (Å²) in [7, 11) is 0. The maximum atomic E-state index is 11.5. The minimum Gasteiger partial charge on any atom is -0.299 e. The molecule has 9 heavy (non-hydrogen) atoms. The average Bonchev–Trinajstić information content (AvgIpc) is 1.57. The molecule has 1 aliphatic carbocycles. The number of carbonyl (C=O) groups is 1. The first-order valence-corrected chi connectivity index (χ1v) is 2.61. The molecule has 0 heterocycles. The van der Waals surface area contributed by atoms with Gasteiger partial charge in [0, 0.05) is 6.42 Å². The van der Waals surface area contributed by atoms with E-state index in [4.69, 9.17) is 0 Å². The molecule has 0 saturated heterocycles. The lowest BCUT2D eigenvalue weighted by molar-refractivity contribution is -0.194. The van der Waals surface area contributed by atoms with Crippen LogP contribution in [0.3, 0.4) is 0 Å². The van der Waals surface area contributed by atoms with Crippen molar-refractivity contribution in [1.29, 1.82) is 0 Å². The van der Waals surface area contributed by atoms with Crippen LogP contribution in [0.5, 0.6) is 0 Å². The van der Waals surface area contributed by atoms with Gasteiger partial charge in [-0.05, 0) is 6.42 Å². The highest BCUT2D eigenvalue weighted by Gasteiger charge is 2.49. The lowest BCUT2D eigenvalue weighted by Gasteiger charge is -2.25. The van der Waals surface area contributed by atoms with Crippen molar-refractivity contribution < 1.29 is 18.0 Å². The van der Waals surface area contributed by atoms with E-state index in [9.17, 15) is 18.0 Å². The second kappa shape index (κ2) is 1.72. The van der Waals surface area contributed by atoms with Gasteiger partial charge >= 0.3 is 6.18 Å². The first-order chi connectivity index (χ1) is 4.02. The van der Waals surface area contributed by atoms with Gasteiger partial charge in [0.15, 0.2) is 0 Å². The van der Waals surface area contributed by atoms with Crippen LogP contribution in [0, 0.1) is 5.92 Å². The van der Waals surface area contributed by atoms with E-state index in [1.807, 2.05) is 0 Å². The third kappa shape index (κ3) is 1.06. The van der Waals surface area contributed by atoms with E-state index in [0.29, 0.717) is 0 Å². The SMILES string of the molecule is O=C1CCC1C(F)(F)F. The van der Waals surface area contributed by atoms with E-state index in [0.717, 1.165) is 0 Å². The van der Waals surface area contributed by atoms with Gasteiger partial charge in [0.2, 0.25) is 0 Å². The Kier molecular flexibility index (Phi) is 1.26. The Morgan fingerprint density at radius 3 is 2.00 bits per heavy atom. The van der Waals surface area contributed by atoms with E-state index in [1.54, 1.807) is 0 Å². The van der Waals surface area contributed by atoms with Gasteiger partial charge in [0.1, 0.15) is 11.7 Å². The molecular formula is C5H5F3O. The van der Waals surface area contributed by atoms with Crippen LogP contribution in [0.1, 0.15) is 12.8 Å². The molecule has 1 aliphatic rings. The van der Waals surface area contributed by atoms with E-state index >= 15 is 0 Å². The maximum Gasteiger partial charge on any atom is 0.398 e. The summed E-state index contributed by atoms with van der Waals surface area (Å²) in [4.78, 5) is 10.2. The second-order valence-corrected chi connectivity index (χ2v) is 2.10. The Bertz CT molecular complexity index is 138. The molecule has 0 amide bonds. The van der Waals surface area contributed by atoms with Crippen molar-refractivity contribution in [2.75, 3.05) is 0 Å². The number of rotatable bonds is 0. The molecule has 4 heteroatoms. The zero-order valence-electron chi connectivity index (χ0n) is 4.53. The molecule has 1 saturated carbocycles. The zero-order valence-corrected chi connectivity index (χ0v) is 4.53. The van der Waals surface area contributed by atoms with Crippen LogP contribution in [-0.4, -0.2) is 12.0 Å². The number of halogens is 3. The summed E-state index contributed by atoms with van der Waals surface area (Å²) in [5.41, 5.74) is 0. The van der Waals surface area contributed by atoms with Gasteiger partial charge in [0.25, 0.3) is 0 Å². The minimum absolute atomic E-state index is 0.0116. The van der Waals surface area contributed by atoms with Crippen LogP contribution in [0.4, 0.5) is 13.2 Å². The minimum atomic E-state index is -4.28. The zero-order chi connectivity index (χ0) is 7.07. The molecule has 0 aliphatic heterocycles. The number of carbonyl (C=O) groups excluding carboxylic acids is 1. The Balaban J connectivity index is 2.54. The third-order valence-corrected chi connectivity index (χ3v) is 1.46. The number of alkyl halides is 3. The lowest BCUT2D eigenvalue weighted by atomic mass is 9.83. The molecule has 0 aromatic rings. The lowest BCUT2D eigenvalue weighted by Crippen LogP contribution is -2.38. The quantitative estimate of drug-likeness (QED) is 0.496. The average molecular weight is 138 g/mol. The highest BCUT2D eigenvalue weighted by molar-refractivity contribution is 5.87. The molecule has 1 fully saturated rings. The standard InChI is InChI=1S/C5H5F3O/c6-5(7,8)3-1-2-4(3)9/h3H,1-2H2. The Labute approximate surface area is 49.9 Å². The van der Waals surface area contributed by atoms with Gasteiger partial charge < -0.3 is 0 Å². The van der Waals surface area contributed by atoms with Gasteiger partial charge in [-0.25, -0.2) is 0 Å². The summed E-state index contributed by atoms with van der Waals surface area (Å²) >= 11 is 0. The fraction of sp³-hybridized carbons (Fsp3) is 0.800. The fourth-order valence-corrected chi connectivity index (χ4v) is 0.753. The van der Waals surface area contributed by atoms with Crippen molar-refractivity contribution in [2.45, 2.75) is 19.0 Å². The van der Waals surface area contributed by atoms with Crippen molar-refractivity contribution in [3.05, 3.63) is 0 Å². The van der Waals surface area contributed by atoms with Crippen LogP contribution < -0.4 is 0 Å². The van der Waals surface area contributed by atoms with Crippen molar-refractivity contribution in [1.82, 2.24) is 0 Å². The van der Waals surface area contributed by atoms with Crippen LogP contribution in [0.2, 0.25) is 0 Å². The molecule has 0 aromatic carbocycles. The first-order valence-electron chi connectivity index (χ1n) is 2.61. The summed E-state index contributed by atoms with van der Waals surface area (Å²) < 4.78 is 34.6. The van der Waals surface area contributed by atoms with Crippen LogP contribution in [0.15, 0.2) is 0 Å². The van der Waals surface area contributed by atoms with Crippen LogP contribution >= 0.6 is 0 Å². The first kappa shape index (κ1) is 6.58. The number of Topliss-reactive ketones (excluding diaryl/α,β-unsaturated/α-hetero) is 1. The van der Waals surface area contributed by atoms with E-state index < -0.39 is 17.9 Å². The normalized spacial score (nSPS) is 27.9. The van der Waals surface area contributed by atoms with Gasteiger partial charge in [-0.2, -0.15) is 13.2 Å². The number of ketones is 1. The second-order valence-electron chi connectivity index (χ2n) is 2.10. The molecule has 0 radical (unpaired) electrons. The Morgan fingerprint density at radius 2 is 2.00 bits per heavy atom. The Hall–Kier alpha value is -0.540. The fourth-order valence-electron chi connectivity index (χ4n) is 0.753. The molecule has 1 nitrogen and oxygen atoms in total. The van der Waals surface area contributed by atoms with E-state index in [1.165, 1.54) is 0 Å². The molecule has 52 valence electrons. The third-order valence-electron chi connectivity index (χ3n) is 1.46. The van der Waals surface area contributed by atoms with Crippen LogP contribution in [0.25, 0.3) is 0 Å². The molecule has 0 aromatic heterocycles. The summed E-state index contributed by atoms with van der Waals surface area (Å²) in [5.74, 6) is -2.31. The van der Waals surface area contributed by atoms with Crippen molar-refractivity contribution in [2.24, 2.45) is 5.92 Å². The summed E-state index contributed by atoms with van der Waals surface area (Å²) in [6.07, 6.45) is -4.19. The molecular weight excluding hydrogens is 133 g/mol. The topological polar surface area (TPSA) is 17.1 Å². The van der Waals surface area contributed by atoms with Gasteiger partial charge in [-0.3, -0.25) is 4.79 Å². The van der Waals surface area contributed by atoms with Crippen molar-refractivity contribution in [3.8, 4) is 0 Å². The van der Waals surface area contributed by atoms with E-state index in [2.05, 4.69) is 0 Å². The molecule has 0 N–H and O–H groups in total. The largest absolute Gasteiger partial charge is 0.398 e. The van der Waals surface area contributed by atoms with Crippen LogP contribution in [-0.2, 0) is 4.79 Å². The highest BCUT2D eigenvalue weighted by atomic mass is 19.4. The number of hydrogen-bond acceptors (Lipinski definition) is 1. The molecule has 1 rings (SSSR count).